The molecule has 1 aromatic rings. The third-order valence-corrected chi connectivity index (χ3v) is 4.26. The van der Waals surface area contributed by atoms with Gasteiger partial charge in [0.05, 0.1) is 16.1 Å². The number of carboxylic acid groups (broad SMARTS) is 1. The molecule has 6 nitrogen and oxygen atoms in total. The average Bonchev–Trinajstić information content (AvgIpc) is 2.88. The van der Waals surface area contributed by atoms with Gasteiger partial charge in [-0.3, -0.25) is 10.2 Å². The Morgan fingerprint density at radius 3 is 2.63 bits per heavy atom. The quantitative estimate of drug-likeness (QED) is 0.412. The first-order valence-corrected chi connectivity index (χ1v) is 7.03. The van der Waals surface area contributed by atoms with Crippen LogP contribution in [0.2, 0.25) is 0 Å². The molecule has 0 aromatic carbocycles. The van der Waals surface area contributed by atoms with Gasteiger partial charge >= 0.3 is 0 Å². The number of aryl methyl sites for hydroxylation is 1. The van der Waals surface area contributed by atoms with Gasteiger partial charge in [-0.05, 0) is 25.7 Å². The fourth-order valence-corrected chi connectivity index (χ4v) is 2.87. The first-order chi connectivity index (χ1) is 9.00. The van der Waals surface area contributed by atoms with Gasteiger partial charge in [-0.15, -0.1) is 11.3 Å². The summed E-state index contributed by atoms with van der Waals surface area (Å²) in [7, 11) is 0. The van der Waals surface area contributed by atoms with E-state index in [1.807, 2.05) is 13.8 Å². The predicted octanol–water partition coefficient (Wildman–Crippen LogP) is -0.127. The van der Waals surface area contributed by atoms with Crippen LogP contribution < -0.4 is 16.4 Å². The van der Waals surface area contributed by atoms with Crippen LogP contribution in [0, 0.1) is 0 Å². The summed E-state index contributed by atoms with van der Waals surface area (Å²) in [6.07, 6.45) is 1.12. The van der Waals surface area contributed by atoms with Crippen LogP contribution in [0.3, 0.4) is 0 Å². The fourth-order valence-electron chi connectivity index (χ4n) is 2.02. The zero-order valence-electron chi connectivity index (χ0n) is 11.1. The number of carbonyl (C=O) groups excluding carboxylic acids is 2. The number of nitrogens with one attached hydrogen (secondary N) is 1. The van der Waals surface area contributed by atoms with E-state index in [1.165, 1.54) is 11.3 Å². The number of hydrogen-bond acceptors (Lipinski definition) is 6. The molecule has 7 heteroatoms. The third-order valence-electron chi connectivity index (χ3n) is 3.27. The van der Waals surface area contributed by atoms with Crippen molar-refractivity contribution >= 4 is 23.2 Å². The Morgan fingerprint density at radius 2 is 2.21 bits per heavy atom. The van der Waals surface area contributed by atoms with Gasteiger partial charge in [-0.1, -0.05) is 13.8 Å². The summed E-state index contributed by atoms with van der Waals surface area (Å²) < 4.78 is 0. The van der Waals surface area contributed by atoms with Gasteiger partial charge in [0.1, 0.15) is 0 Å². The summed E-state index contributed by atoms with van der Waals surface area (Å²) in [6.45, 7) is 3.79. The minimum absolute atomic E-state index is 0.127. The first kappa shape index (κ1) is 15.6. The van der Waals surface area contributed by atoms with E-state index in [1.54, 1.807) is 5.38 Å². The lowest BCUT2D eigenvalue weighted by molar-refractivity contribution is -0.306. The van der Waals surface area contributed by atoms with Gasteiger partial charge in [0, 0.05) is 11.3 Å². The molecule has 0 saturated heterocycles. The zero-order chi connectivity index (χ0) is 14.5. The van der Waals surface area contributed by atoms with Crippen molar-refractivity contribution < 1.29 is 14.7 Å². The third kappa shape index (κ3) is 3.30. The molecule has 0 radical (unpaired) electrons. The smallest absolute Gasteiger partial charge is 0.246 e. The van der Waals surface area contributed by atoms with Crippen molar-refractivity contribution in [2.24, 2.45) is 5.84 Å². The standard InChI is InChI=1S/C12H19N3O3S/c1-3-9-14-8(7-19-9)12(4-2,11(18)15-13)6-5-10(16)17/h7H,3-6,13H2,1-2H3,(H,15,18)(H,16,17)/p-1/t12-/m1/s1. The molecule has 0 saturated carbocycles. The molecule has 1 atom stereocenters. The molecule has 0 spiro atoms. The van der Waals surface area contributed by atoms with Crippen LogP contribution in [-0.2, 0) is 21.4 Å². The van der Waals surface area contributed by atoms with Gasteiger partial charge in [0.25, 0.3) is 0 Å². The van der Waals surface area contributed by atoms with Crippen molar-refractivity contribution in [3.63, 3.8) is 0 Å². The number of thiazole rings is 1. The van der Waals surface area contributed by atoms with Gasteiger partial charge in [0.2, 0.25) is 5.91 Å². The summed E-state index contributed by atoms with van der Waals surface area (Å²) >= 11 is 1.46. The lowest BCUT2D eigenvalue weighted by Gasteiger charge is -2.29. The second kappa shape index (κ2) is 6.63. The van der Waals surface area contributed by atoms with Gasteiger partial charge in [0.15, 0.2) is 0 Å². The second-order valence-corrected chi connectivity index (χ2v) is 5.20. The van der Waals surface area contributed by atoms with Gasteiger partial charge in [-0.25, -0.2) is 10.8 Å². The number of hydrogen-bond donors (Lipinski definition) is 2. The summed E-state index contributed by atoms with van der Waals surface area (Å²) in [6, 6.07) is 0. The molecule has 1 rings (SSSR count). The monoisotopic (exact) mass is 284 g/mol. The molecular formula is C12H18N3O3S-. The first-order valence-electron chi connectivity index (χ1n) is 6.16. The van der Waals surface area contributed by atoms with E-state index in [0.29, 0.717) is 12.1 Å². The molecule has 19 heavy (non-hydrogen) atoms. The lowest BCUT2D eigenvalue weighted by atomic mass is 9.77. The highest BCUT2D eigenvalue weighted by Gasteiger charge is 2.40. The maximum absolute atomic E-state index is 12.1. The Labute approximate surface area is 116 Å². The van der Waals surface area contributed by atoms with Crippen LogP contribution in [0.25, 0.3) is 0 Å². The summed E-state index contributed by atoms with van der Waals surface area (Å²) in [5.41, 5.74) is 1.70. The van der Waals surface area contributed by atoms with E-state index in [-0.39, 0.29) is 12.8 Å². The van der Waals surface area contributed by atoms with Crippen molar-refractivity contribution in [2.45, 2.75) is 44.9 Å². The van der Waals surface area contributed by atoms with Crippen molar-refractivity contribution in [3.8, 4) is 0 Å². The van der Waals surface area contributed by atoms with Crippen molar-refractivity contribution in [1.82, 2.24) is 10.4 Å². The minimum atomic E-state index is -1.19. The van der Waals surface area contributed by atoms with Gasteiger partial charge < -0.3 is 9.90 Å². The number of carbonyl (C=O) groups is 2. The van der Waals surface area contributed by atoms with Crippen LogP contribution in [0.15, 0.2) is 5.38 Å². The van der Waals surface area contributed by atoms with Gasteiger partial charge in [-0.2, -0.15) is 0 Å². The van der Waals surface area contributed by atoms with Crippen molar-refractivity contribution in [3.05, 3.63) is 16.1 Å². The molecule has 106 valence electrons. The molecule has 1 heterocycles. The number of aliphatic carboxylic acids is 1. The highest BCUT2D eigenvalue weighted by molar-refractivity contribution is 7.09. The fraction of sp³-hybridized carbons (Fsp3) is 0.583. The Balaban J connectivity index is 3.14. The van der Waals surface area contributed by atoms with Crippen molar-refractivity contribution in [2.75, 3.05) is 0 Å². The topological polar surface area (TPSA) is 108 Å². The van der Waals surface area contributed by atoms with Crippen LogP contribution >= 0.6 is 11.3 Å². The minimum Gasteiger partial charge on any atom is -0.550 e. The maximum atomic E-state index is 12.1. The molecule has 0 aliphatic carbocycles. The molecule has 0 bridgehead atoms. The van der Waals surface area contributed by atoms with Crippen molar-refractivity contribution in [1.29, 1.82) is 0 Å². The van der Waals surface area contributed by atoms with E-state index in [2.05, 4.69) is 10.4 Å². The van der Waals surface area contributed by atoms with E-state index in [4.69, 9.17) is 5.84 Å². The Kier molecular flexibility index (Phi) is 5.44. The van der Waals surface area contributed by atoms with E-state index in [0.717, 1.165) is 11.4 Å². The van der Waals surface area contributed by atoms with Crippen LogP contribution in [0.5, 0.6) is 0 Å². The SMILES string of the molecule is CCc1nc([C@@](CC)(CCC(=O)[O-])C(=O)NN)cs1. The van der Waals surface area contributed by atoms with E-state index < -0.39 is 17.3 Å². The predicted molar refractivity (Wildman–Crippen MR) is 70.0 cm³/mol. The average molecular weight is 284 g/mol. The number of hydrazine groups is 1. The second-order valence-electron chi connectivity index (χ2n) is 4.26. The molecule has 1 amide bonds. The summed E-state index contributed by atoms with van der Waals surface area (Å²) in [4.78, 5) is 27.2. The Morgan fingerprint density at radius 1 is 1.53 bits per heavy atom. The number of amides is 1. The molecule has 0 unspecified atom stereocenters. The highest BCUT2D eigenvalue weighted by atomic mass is 32.1. The molecule has 0 fully saturated rings. The number of aromatic nitrogens is 1. The number of nitrogens with zero attached hydrogens (tertiary/aromatic N) is 1. The number of carboxylic acids is 1. The molecule has 1 aromatic heterocycles. The highest BCUT2D eigenvalue weighted by Crippen LogP contribution is 2.34. The van der Waals surface area contributed by atoms with E-state index >= 15 is 0 Å². The largest absolute Gasteiger partial charge is 0.550 e. The molecule has 0 aliphatic rings. The van der Waals surface area contributed by atoms with Crippen LogP contribution in [0.1, 0.15) is 43.8 Å². The van der Waals surface area contributed by atoms with Crippen LogP contribution in [-0.4, -0.2) is 16.9 Å². The zero-order valence-corrected chi connectivity index (χ0v) is 11.9. The lowest BCUT2D eigenvalue weighted by Crippen LogP contribution is -2.48. The Hall–Kier alpha value is -1.47. The summed E-state index contributed by atoms with van der Waals surface area (Å²) in [5, 5.41) is 13.4. The number of rotatable bonds is 7. The molecule has 3 N–H and O–H groups in total. The Bertz CT molecular complexity index is 461. The van der Waals surface area contributed by atoms with Crippen LogP contribution in [0.4, 0.5) is 0 Å². The van der Waals surface area contributed by atoms with E-state index in [9.17, 15) is 14.7 Å². The maximum Gasteiger partial charge on any atom is 0.246 e. The molecule has 0 aliphatic heterocycles. The normalized spacial score (nSPS) is 13.8. The summed E-state index contributed by atoms with van der Waals surface area (Å²) in [5.74, 6) is 3.63. The molecular weight excluding hydrogens is 266 g/mol. The number of nitrogens with two attached hydrogens (primary N) is 1.